The van der Waals surface area contributed by atoms with Crippen molar-refractivity contribution in [2.24, 2.45) is 0 Å². The zero-order chi connectivity index (χ0) is 16.5. The molecule has 0 radical (unpaired) electrons. The molecule has 3 nitrogen and oxygen atoms in total. The van der Waals surface area contributed by atoms with Crippen LogP contribution in [0.25, 0.3) is 10.4 Å². The van der Waals surface area contributed by atoms with Gasteiger partial charge in [0.1, 0.15) is 12.4 Å². The number of hydrogen-bond acceptors (Lipinski definition) is 4. The SMILES string of the molecule is CC(O)c1cc2c(s1)-c1ccc(OCc3ccccn3)cc1CC2. The average Bonchev–Trinajstić information content (AvgIpc) is 3.05. The number of rotatable bonds is 4. The van der Waals surface area contributed by atoms with E-state index in [2.05, 4.69) is 23.2 Å². The van der Waals surface area contributed by atoms with Gasteiger partial charge in [-0.2, -0.15) is 0 Å². The number of aromatic nitrogens is 1. The summed E-state index contributed by atoms with van der Waals surface area (Å²) >= 11 is 1.70. The minimum Gasteiger partial charge on any atom is -0.487 e. The van der Waals surface area contributed by atoms with Crippen molar-refractivity contribution >= 4 is 11.3 Å². The molecule has 0 spiro atoms. The smallest absolute Gasteiger partial charge is 0.130 e. The van der Waals surface area contributed by atoms with Gasteiger partial charge in [0.15, 0.2) is 0 Å². The van der Waals surface area contributed by atoms with Crippen molar-refractivity contribution < 1.29 is 9.84 Å². The number of aliphatic hydroxyl groups excluding tert-OH is 1. The molecule has 0 fully saturated rings. The Morgan fingerprint density at radius 3 is 2.83 bits per heavy atom. The van der Waals surface area contributed by atoms with Gasteiger partial charge >= 0.3 is 0 Å². The van der Waals surface area contributed by atoms with Gasteiger partial charge in [-0.1, -0.05) is 6.07 Å². The summed E-state index contributed by atoms with van der Waals surface area (Å²) in [6.45, 7) is 2.31. The molecule has 0 saturated carbocycles. The fourth-order valence-corrected chi connectivity index (χ4v) is 4.28. The Morgan fingerprint density at radius 2 is 2.04 bits per heavy atom. The molecule has 4 rings (SSSR count). The molecule has 1 aliphatic carbocycles. The van der Waals surface area contributed by atoms with E-state index >= 15 is 0 Å². The maximum atomic E-state index is 9.83. The van der Waals surface area contributed by atoms with Gasteiger partial charge in [0.2, 0.25) is 0 Å². The summed E-state index contributed by atoms with van der Waals surface area (Å²) in [6, 6.07) is 14.3. The van der Waals surface area contributed by atoms with Crippen molar-refractivity contribution in [1.29, 1.82) is 0 Å². The predicted molar refractivity (Wildman–Crippen MR) is 96.4 cm³/mol. The minimum absolute atomic E-state index is 0.398. The normalized spacial score (nSPS) is 13.9. The summed E-state index contributed by atoms with van der Waals surface area (Å²) in [5.41, 5.74) is 4.88. The number of aryl methyl sites for hydroxylation is 2. The molecule has 0 amide bonds. The van der Waals surface area contributed by atoms with Crippen LogP contribution in [0.3, 0.4) is 0 Å². The molecule has 122 valence electrons. The number of nitrogens with zero attached hydrogens (tertiary/aromatic N) is 1. The maximum Gasteiger partial charge on any atom is 0.130 e. The highest BCUT2D eigenvalue weighted by molar-refractivity contribution is 7.15. The third-order valence-electron chi connectivity index (χ3n) is 4.34. The molecule has 1 aromatic carbocycles. The molecule has 3 aromatic rings. The summed E-state index contributed by atoms with van der Waals surface area (Å²) in [6.07, 6.45) is 3.42. The highest BCUT2D eigenvalue weighted by Crippen LogP contribution is 2.42. The monoisotopic (exact) mass is 337 g/mol. The fraction of sp³-hybridized carbons (Fsp3) is 0.250. The standard InChI is InChI=1S/C20H19NO2S/c1-13(22)19-11-15-6-5-14-10-17(7-8-18(14)20(15)24-19)23-12-16-4-2-3-9-21-16/h2-4,7-11,13,22H,5-6,12H2,1H3. The van der Waals surface area contributed by atoms with Crippen molar-refractivity contribution in [1.82, 2.24) is 4.98 Å². The van der Waals surface area contributed by atoms with Crippen LogP contribution in [-0.4, -0.2) is 10.1 Å². The maximum absolute atomic E-state index is 9.83. The van der Waals surface area contributed by atoms with E-state index in [1.54, 1.807) is 17.5 Å². The lowest BCUT2D eigenvalue weighted by Crippen LogP contribution is -2.03. The lowest BCUT2D eigenvalue weighted by atomic mass is 9.91. The Hall–Kier alpha value is -2.17. The van der Waals surface area contributed by atoms with Crippen LogP contribution in [0.15, 0.2) is 48.7 Å². The molecule has 1 unspecified atom stereocenters. The summed E-state index contributed by atoms with van der Waals surface area (Å²) < 4.78 is 5.89. The van der Waals surface area contributed by atoms with Crippen LogP contribution in [0, 0.1) is 0 Å². The molecule has 0 saturated heterocycles. The third kappa shape index (κ3) is 2.95. The van der Waals surface area contributed by atoms with E-state index in [-0.39, 0.29) is 0 Å². The van der Waals surface area contributed by atoms with Crippen molar-refractivity contribution in [2.45, 2.75) is 32.5 Å². The van der Waals surface area contributed by atoms with Crippen LogP contribution in [-0.2, 0) is 19.4 Å². The Balaban J connectivity index is 1.57. The zero-order valence-electron chi connectivity index (χ0n) is 13.5. The highest BCUT2D eigenvalue weighted by Gasteiger charge is 2.21. The van der Waals surface area contributed by atoms with Gasteiger partial charge in [-0.15, -0.1) is 11.3 Å². The second-order valence-corrected chi connectivity index (χ2v) is 7.19. The number of ether oxygens (including phenoxy) is 1. The van der Waals surface area contributed by atoms with E-state index in [0.29, 0.717) is 6.61 Å². The van der Waals surface area contributed by atoms with Gasteiger partial charge in [0.05, 0.1) is 11.8 Å². The molecular weight excluding hydrogens is 318 g/mol. The second kappa shape index (κ2) is 6.38. The number of aliphatic hydroxyl groups is 1. The minimum atomic E-state index is -0.398. The summed E-state index contributed by atoms with van der Waals surface area (Å²) in [4.78, 5) is 6.62. The quantitative estimate of drug-likeness (QED) is 0.760. The van der Waals surface area contributed by atoms with Crippen LogP contribution in [0.5, 0.6) is 5.75 Å². The Morgan fingerprint density at radius 1 is 1.17 bits per heavy atom. The molecule has 1 N–H and O–H groups in total. The highest BCUT2D eigenvalue weighted by atomic mass is 32.1. The number of fused-ring (bicyclic) bond motifs is 3. The van der Waals surface area contributed by atoms with Crippen LogP contribution in [0.2, 0.25) is 0 Å². The van der Waals surface area contributed by atoms with Gasteiger partial charge in [0.25, 0.3) is 0 Å². The van der Waals surface area contributed by atoms with E-state index in [1.807, 2.05) is 31.2 Å². The molecule has 1 atom stereocenters. The first-order valence-corrected chi connectivity index (χ1v) is 8.99. The van der Waals surface area contributed by atoms with Crippen LogP contribution >= 0.6 is 11.3 Å². The van der Waals surface area contributed by atoms with Gasteiger partial charge in [0, 0.05) is 16.0 Å². The number of pyridine rings is 1. The van der Waals surface area contributed by atoms with E-state index < -0.39 is 6.10 Å². The van der Waals surface area contributed by atoms with Gasteiger partial charge in [-0.05, 0) is 72.9 Å². The third-order valence-corrected chi connectivity index (χ3v) is 5.72. The summed E-state index contributed by atoms with van der Waals surface area (Å²) in [5, 5.41) is 9.83. The van der Waals surface area contributed by atoms with Gasteiger partial charge < -0.3 is 9.84 Å². The van der Waals surface area contributed by atoms with Crippen molar-refractivity contribution in [3.8, 4) is 16.2 Å². The first-order valence-electron chi connectivity index (χ1n) is 8.17. The van der Waals surface area contributed by atoms with Crippen LogP contribution in [0.1, 0.15) is 34.7 Å². The average molecular weight is 337 g/mol. The molecular formula is C20H19NO2S. The van der Waals surface area contributed by atoms with Gasteiger partial charge in [-0.3, -0.25) is 4.98 Å². The Bertz CT molecular complexity index is 855. The van der Waals surface area contributed by atoms with Crippen LogP contribution in [0.4, 0.5) is 0 Å². The second-order valence-electron chi connectivity index (χ2n) is 6.11. The van der Waals surface area contributed by atoms with Crippen molar-refractivity contribution in [3.05, 3.63) is 70.4 Å². The fourth-order valence-electron chi connectivity index (χ4n) is 3.07. The molecule has 2 heterocycles. The lowest BCUT2D eigenvalue weighted by molar-refractivity contribution is 0.203. The topological polar surface area (TPSA) is 42.4 Å². The molecule has 24 heavy (non-hydrogen) atoms. The predicted octanol–water partition coefficient (Wildman–Crippen LogP) is 4.54. The summed E-state index contributed by atoms with van der Waals surface area (Å²) in [7, 11) is 0. The summed E-state index contributed by atoms with van der Waals surface area (Å²) in [5.74, 6) is 0.884. The first kappa shape index (κ1) is 15.4. The zero-order valence-corrected chi connectivity index (χ0v) is 14.3. The van der Waals surface area contributed by atoms with Gasteiger partial charge in [-0.25, -0.2) is 0 Å². The first-order chi connectivity index (χ1) is 11.7. The molecule has 1 aliphatic rings. The van der Waals surface area contributed by atoms with E-state index in [1.165, 1.54) is 21.6 Å². The largest absolute Gasteiger partial charge is 0.487 e. The number of hydrogen-bond donors (Lipinski definition) is 1. The molecule has 0 aliphatic heterocycles. The Kier molecular flexibility index (Phi) is 4.08. The molecule has 0 bridgehead atoms. The lowest BCUT2D eigenvalue weighted by Gasteiger charge is -2.17. The van der Waals surface area contributed by atoms with E-state index in [0.717, 1.165) is 29.2 Å². The van der Waals surface area contributed by atoms with Crippen molar-refractivity contribution in [3.63, 3.8) is 0 Å². The number of thiophene rings is 1. The van der Waals surface area contributed by atoms with E-state index in [9.17, 15) is 5.11 Å². The van der Waals surface area contributed by atoms with Crippen LogP contribution < -0.4 is 4.74 Å². The Labute approximate surface area is 145 Å². The number of benzene rings is 1. The molecule has 2 aromatic heterocycles. The molecule has 4 heteroatoms. The van der Waals surface area contributed by atoms with Crippen molar-refractivity contribution in [2.75, 3.05) is 0 Å². The van der Waals surface area contributed by atoms with E-state index in [4.69, 9.17) is 4.74 Å².